The SMILES string of the molecule is C1=C[SH](c2ccc[nH]2)C=C1. The lowest BCUT2D eigenvalue weighted by atomic mass is 10.6. The molecule has 1 nitrogen and oxygen atoms in total. The van der Waals surface area contributed by atoms with Gasteiger partial charge in [-0.3, -0.25) is 0 Å². The lowest BCUT2D eigenvalue weighted by Crippen LogP contribution is -1.70. The highest BCUT2D eigenvalue weighted by Gasteiger charge is 2.00. The first-order chi connectivity index (χ1) is 4.97. The summed E-state index contributed by atoms with van der Waals surface area (Å²) in [4.78, 5) is 3.21. The Kier molecular flexibility index (Phi) is 1.40. The zero-order valence-electron chi connectivity index (χ0n) is 5.49. The molecule has 0 aliphatic carbocycles. The molecule has 0 fully saturated rings. The summed E-state index contributed by atoms with van der Waals surface area (Å²) >= 11 is 0. The van der Waals surface area contributed by atoms with Gasteiger partial charge < -0.3 is 4.98 Å². The summed E-state index contributed by atoms with van der Waals surface area (Å²) in [5, 5.41) is 5.81. The van der Waals surface area contributed by atoms with Crippen molar-refractivity contribution in [3.8, 4) is 0 Å². The Morgan fingerprint density at radius 3 is 2.60 bits per heavy atom. The summed E-state index contributed by atoms with van der Waals surface area (Å²) in [5.74, 6) is 0. The molecule has 1 aromatic heterocycles. The number of aromatic nitrogens is 1. The molecule has 0 bridgehead atoms. The molecule has 0 saturated carbocycles. The molecule has 2 rings (SSSR count). The maximum atomic E-state index is 3.21. The maximum Gasteiger partial charge on any atom is 0.0593 e. The van der Waals surface area contributed by atoms with E-state index in [0.29, 0.717) is 0 Å². The summed E-state index contributed by atoms with van der Waals surface area (Å²) in [6.07, 6.45) is 6.18. The van der Waals surface area contributed by atoms with Crippen LogP contribution in [0.25, 0.3) is 0 Å². The predicted octanol–water partition coefficient (Wildman–Crippen LogP) is 2.42. The third-order valence-electron chi connectivity index (χ3n) is 1.46. The van der Waals surface area contributed by atoms with Gasteiger partial charge in [0.1, 0.15) is 0 Å². The summed E-state index contributed by atoms with van der Waals surface area (Å²) in [6.45, 7) is 0. The molecule has 0 saturated heterocycles. The van der Waals surface area contributed by atoms with Gasteiger partial charge in [-0.15, -0.1) is 0 Å². The minimum atomic E-state index is -0.120. The van der Waals surface area contributed by atoms with E-state index in [9.17, 15) is 0 Å². The molecule has 0 unspecified atom stereocenters. The van der Waals surface area contributed by atoms with Crippen LogP contribution in [0.3, 0.4) is 0 Å². The number of hydrogen-bond acceptors (Lipinski definition) is 0. The predicted molar refractivity (Wildman–Crippen MR) is 46.3 cm³/mol. The van der Waals surface area contributed by atoms with Crippen LogP contribution in [-0.2, 0) is 0 Å². The van der Waals surface area contributed by atoms with E-state index < -0.39 is 0 Å². The van der Waals surface area contributed by atoms with E-state index in [1.807, 2.05) is 12.3 Å². The van der Waals surface area contributed by atoms with E-state index in [4.69, 9.17) is 0 Å². The number of aromatic amines is 1. The third-order valence-corrected chi connectivity index (χ3v) is 3.29. The van der Waals surface area contributed by atoms with E-state index in [0.717, 1.165) is 0 Å². The average molecular weight is 151 g/mol. The number of H-pyrrole nitrogens is 1. The van der Waals surface area contributed by atoms with Crippen LogP contribution >= 0.6 is 10.9 Å². The summed E-state index contributed by atoms with van der Waals surface area (Å²) in [7, 11) is -0.120. The quantitative estimate of drug-likeness (QED) is 0.573. The molecular weight excluding hydrogens is 142 g/mol. The Morgan fingerprint density at radius 2 is 2.00 bits per heavy atom. The van der Waals surface area contributed by atoms with Crippen molar-refractivity contribution in [2.45, 2.75) is 5.03 Å². The van der Waals surface area contributed by atoms with Crippen LogP contribution in [0.4, 0.5) is 0 Å². The molecule has 1 aromatic rings. The monoisotopic (exact) mass is 151 g/mol. The Hall–Kier alpha value is -0.890. The van der Waals surface area contributed by atoms with E-state index in [2.05, 4.69) is 34.0 Å². The standard InChI is InChI=1S/C8H9NS/c1-2-7-10(6-1)8-4-3-5-9-8/h1-7,9-10H. The second-order valence-corrected chi connectivity index (χ2v) is 4.04. The summed E-state index contributed by atoms with van der Waals surface area (Å²) < 4.78 is 0. The first kappa shape index (κ1) is 5.86. The molecule has 1 aliphatic heterocycles. The van der Waals surface area contributed by atoms with Gasteiger partial charge in [0.05, 0.1) is 5.03 Å². The van der Waals surface area contributed by atoms with Gasteiger partial charge in [0.2, 0.25) is 0 Å². The Bertz CT molecular complexity index is 247. The molecule has 1 aliphatic rings. The highest BCUT2D eigenvalue weighted by molar-refractivity contribution is 8.22. The largest absolute Gasteiger partial charge is 0.357 e. The Balaban J connectivity index is 2.29. The first-order valence-corrected chi connectivity index (χ1v) is 4.71. The van der Waals surface area contributed by atoms with E-state index in [1.54, 1.807) is 0 Å². The highest BCUT2D eigenvalue weighted by Crippen LogP contribution is 2.40. The Morgan fingerprint density at radius 1 is 1.20 bits per heavy atom. The number of allylic oxidation sites excluding steroid dienone is 2. The van der Waals surface area contributed by atoms with Gasteiger partial charge in [0, 0.05) is 6.20 Å². The van der Waals surface area contributed by atoms with Crippen molar-refractivity contribution in [3.63, 3.8) is 0 Å². The number of hydrogen-bond donors (Lipinski definition) is 2. The smallest absolute Gasteiger partial charge is 0.0593 e. The van der Waals surface area contributed by atoms with Crippen molar-refractivity contribution in [1.82, 2.24) is 4.98 Å². The molecule has 2 heterocycles. The minimum Gasteiger partial charge on any atom is -0.357 e. The van der Waals surface area contributed by atoms with Crippen LogP contribution in [0.15, 0.2) is 46.3 Å². The van der Waals surface area contributed by atoms with E-state index in [1.165, 1.54) is 5.03 Å². The van der Waals surface area contributed by atoms with Crippen LogP contribution in [0.2, 0.25) is 0 Å². The number of rotatable bonds is 1. The molecule has 0 atom stereocenters. The molecular formula is C8H9NS. The molecule has 1 N–H and O–H groups in total. The fourth-order valence-electron chi connectivity index (χ4n) is 0.977. The average Bonchev–Trinajstić information content (AvgIpc) is 2.59. The van der Waals surface area contributed by atoms with Gasteiger partial charge in [0.15, 0.2) is 0 Å². The highest BCUT2D eigenvalue weighted by atomic mass is 32.2. The van der Waals surface area contributed by atoms with Gasteiger partial charge in [-0.2, -0.15) is 10.9 Å². The van der Waals surface area contributed by atoms with Gasteiger partial charge in [0.25, 0.3) is 0 Å². The topological polar surface area (TPSA) is 15.8 Å². The Labute approximate surface area is 62.8 Å². The normalized spacial score (nSPS) is 18.6. The molecule has 2 heteroatoms. The lowest BCUT2D eigenvalue weighted by molar-refractivity contribution is 1.21. The maximum absolute atomic E-state index is 3.21. The second kappa shape index (κ2) is 2.39. The molecule has 0 spiro atoms. The van der Waals surface area contributed by atoms with Crippen LogP contribution in [0.1, 0.15) is 0 Å². The number of nitrogens with one attached hydrogen (secondary N) is 1. The third kappa shape index (κ3) is 0.907. The molecule has 10 heavy (non-hydrogen) atoms. The molecule has 52 valence electrons. The molecule has 0 amide bonds. The van der Waals surface area contributed by atoms with Crippen molar-refractivity contribution in [3.05, 3.63) is 41.3 Å². The zero-order valence-corrected chi connectivity index (χ0v) is 6.38. The van der Waals surface area contributed by atoms with Crippen LogP contribution in [0.5, 0.6) is 0 Å². The van der Waals surface area contributed by atoms with E-state index in [-0.39, 0.29) is 10.9 Å². The van der Waals surface area contributed by atoms with Crippen LogP contribution in [0, 0.1) is 0 Å². The number of thiol groups is 1. The fraction of sp³-hybridized carbons (Fsp3) is 0. The van der Waals surface area contributed by atoms with Gasteiger partial charge in [-0.1, -0.05) is 12.2 Å². The van der Waals surface area contributed by atoms with Crippen molar-refractivity contribution in [2.24, 2.45) is 0 Å². The lowest BCUT2D eigenvalue weighted by Gasteiger charge is -2.04. The van der Waals surface area contributed by atoms with Crippen LogP contribution in [-0.4, -0.2) is 4.98 Å². The van der Waals surface area contributed by atoms with Crippen molar-refractivity contribution in [2.75, 3.05) is 0 Å². The summed E-state index contributed by atoms with van der Waals surface area (Å²) in [5.41, 5.74) is 0. The minimum absolute atomic E-state index is 0.120. The van der Waals surface area contributed by atoms with Gasteiger partial charge >= 0.3 is 0 Å². The van der Waals surface area contributed by atoms with Gasteiger partial charge in [-0.05, 0) is 22.9 Å². The fourth-order valence-corrected chi connectivity index (χ4v) is 2.45. The summed E-state index contributed by atoms with van der Waals surface area (Å²) in [6, 6.07) is 4.17. The van der Waals surface area contributed by atoms with Crippen molar-refractivity contribution in [1.29, 1.82) is 0 Å². The molecule has 0 aromatic carbocycles. The van der Waals surface area contributed by atoms with E-state index >= 15 is 0 Å². The molecule has 0 radical (unpaired) electrons. The van der Waals surface area contributed by atoms with Gasteiger partial charge in [-0.25, -0.2) is 0 Å². The zero-order chi connectivity index (χ0) is 6.81. The van der Waals surface area contributed by atoms with Crippen LogP contribution < -0.4 is 0 Å². The van der Waals surface area contributed by atoms with Crippen molar-refractivity contribution >= 4 is 10.9 Å². The first-order valence-electron chi connectivity index (χ1n) is 3.23. The second-order valence-electron chi connectivity index (χ2n) is 2.15. The van der Waals surface area contributed by atoms with Crippen molar-refractivity contribution < 1.29 is 0 Å².